The third-order valence-electron chi connectivity index (χ3n) is 10.4. The minimum absolute atomic E-state index is 0. The number of furan rings is 1. The number of benzene rings is 4. The van der Waals surface area contributed by atoms with Crippen molar-refractivity contribution in [1.29, 1.82) is 0 Å². The summed E-state index contributed by atoms with van der Waals surface area (Å²) in [6.07, 6.45) is 6.90. The van der Waals surface area contributed by atoms with Crippen LogP contribution >= 0.6 is 0 Å². The number of aryl methyl sites for hydroxylation is 1. The van der Waals surface area contributed by atoms with E-state index in [0.29, 0.717) is 0 Å². The molecular weight excluding hydrogens is 783 g/mol. The fourth-order valence-corrected chi connectivity index (χ4v) is 7.49. The molecule has 0 saturated carbocycles. The van der Waals surface area contributed by atoms with E-state index in [1.807, 2.05) is 40.0 Å². The Hall–Kier alpha value is -4.05. The molecule has 0 fully saturated rings. The van der Waals surface area contributed by atoms with Gasteiger partial charge in [0.2, 0.25) is 0 Å². The van der Waals surface area contributed by atoms with Crippen LogP contribution in [0.4, 0.5) is 0 Å². The van der Waals surface area contributed by atoms with Gasteiger partial charge in [0.05, 0.1) is 11.3 Å². The quantitative estimate of drug-likeness (QED) is 0.0943. The second kappa shape index (κ2) is 14.8. The molecule has 0 atom stereocenters. The van der Waals surface area contributed by atoms with Gasteiger partial charge < -0.3 is 14.5 Å². The van der Waals surface area contributed by atoms with Crippen molar-refractivity contribution in [2.24, 2.45) is 11.8 Å². The van der Waals surface area contributed by atoms with Gasteiger partial charge in [-0.1, -0.05) is 126 Å². The largest absolute Gasteiger partial charge is 0.512 e. The summed E-state index contributed by atoms with van der Waals surface area (Å²) in [5, 5.41) is 14.5. The first-order chi connectivity index (χ1) is 23.2. The molecule has 0 spiro atoms. The maximum atomic E-state index is 11.7. The number of hydrogen-bond acceptors (Lipinski definition) is 4. The Labute approximate surface area is 304 Å². The van der Waals surface area contributed by atoms with Gasteiger partial charge in [0.1, 0.15) is 5.58 Å². The number of pyridine rings is 1. The van der Waals surface area contributed by atoms with E-state index in [0.717, 1.165) is 75.6 Å². The van der Waals surface area contributed by atoms with Gasteiger partial charge in [-0.2, -0.15) is 0 Å². The summed E-state index contributed by atoms with van der Waals surface area (Å²) in [5.41, 5.74) is 9.55. The van der Waals surface area contributed by atoms with Gasteiger partial charge in [0, 0.05) is 55.2 Å². The van der Waals surface area contributed by atoms with Crippen LogP contribution in [0, 0.1) is 24.8 Å². The van der Waals surface area contributed by atoms with Gasteiger partial charge in [-0.3, -0.25) is 4.79 Å². The number of ketones is 1. The molecule has 0 bridgehead atoms. The molecule has 6 aromatic rings. The molecule has 0 saturated heterocycles. The van der Waals surface area contributed by atoms with Crippen molar-refractivity contribution in [2.75, 3.05) is 0 Å². The summed E-state index contributed by atoms with van der Waals surface area (Å²) in [6, 6.07) is 29.2. The molecule has 7 rings (SSSR count). The number of aliphatic hydroxyl groups excluding tert-OH is 1. The fraction of sp³-hybridized carbons (Fsp3) is 0.318. The smallest absolute Gasteiger partial charge is 0.162 e. The summed E-state index contributed by atoms with van der Waals surface area (Å²) in [5.74, 6) is 0.547. The normalized spacial score (nSPS) is 13.4. The SMILES string of the molecule is CCC(CC)C(=O)/C=C(\O)C(CC)CC.Cc1c[c-]c2c3c1oc1c(-c4ccccc4)ccc(c13)C(C)(C)c1c-2ncc2ccccc12.[Ir]. The first kappa shape index (κ1) is 36.2. The van der Waals surface area contributed by atoms with Gasteiger partial charge >= 0.3 is 0 Å². The molecule has 1 aliphatic rings. The number of nitrogens with zero attached hydrogens (tertiary/aromatic N) is 1. The van der Waals surface area contributed by atoms with Crippen LogP contribution in [0.5, 0.6) is 0 Å². The zero-order valence-corrected chi connectivity index (χ0v) is 32.0. The van der Waals surface area contributed by atoms with Gasteiger partial charge in [-0.05, 0) is 64.2 Å². The van der Waals surface area contributed by atoms with E-state index in [1.54, 1.807) is 0 Å². The van der Waals surface area contributed by atoms with Gasteiger partial charge in [-0.15, -0.1) is 17.7 Å². The Morgan fingerprint density at radius 2 is 1.53 bits per heavy atom. The summed E-state index contributed by atoms with van der Waals surface area (Å²) >= 11 is 0. The molecule has 0 unspecified atom stereocenters. The molecule has 0 amide bonds. The monoisotopic (exact) mass is 829 g/mol. The number of fused-ring (bicyclic) bond motifs is 4. The summed E-state index contributed by atoms with van der Waals surface area (Å²) in [4.78, 5) is 16.7. The Kier molecular flexibility index (Phi) is 11.0. The van der Waals surface area contributed by atoms with E-state index in [-0.39, 0.29) is 48.9 Å². The van der Waals surface area contributed by atoms with E-state index in [4.69, 9.17) is 9.40 Å². The van der Waals surface area contributed by atoms with Crippen molar-refractivity contribution < 1.29 is 34.4 Å². The molecule has 2 aromatic heterocycles. The third-order valence-corrected chi connectivity index (χ3v) is 10.4. The number of rotatable bonds is 8. The number of allylic oxidation sites excluding steroid dienone is 2. The van der Waals surface area contributed by atoms with E-state index in [9.17, 15) is 9.90 Å². The predicted molar refractivity (Wildman–Crippen MR) is 199 cm³/mol. The van der Waals surface area contributed by atoms with E-state index in [1.165, 1.54) is 28.0 Å². The zero-order valence-electron chi connectivity index (χ0n) is 29.6. The second-order valence-corrected chi connectivity index (χ2v) is 13.6. The molecule has 4 aromatic carbocycles. The second-order valence-electron chi connectivity index (χ2n) is 13.6. The number of carbonyl (C=O) groups is 1. The van der Waals surface area contributed by atoms with E-state index < -0.39 is 0 Å². The van der Waals surface area contributed by atoms with Gasteiger partial charge in [0.25, 0.3) is 0 Å². The maximum Gasteiger partial charge on any atom is 0.162 e. The summed E-state index contributed by atoms with van der Waals surface area (Å²) in [6.45, 7) is 14.8. The van der Waals surface area contributed by atoms with Crippen molar-refractivity contribution in [2.45, 2.75) is 79.6 Å². The van der Waals surface area contributed by atoms with Crippen LogP contribution < -0.4 is 0 Å². The average molecular weight is 829 g/mol. The van der Waals surface area contributed by atoms with Crippen molar-refractivity contribution in [3.05, 3.63) is 114 Å². The van der Waals surface area contributed by atoms with E-state index >= 15 is 0 Å². The predicted octanol–water partition coefficient (Wildman–Crippen LogP) is 12.1. The Balaban J connectivity index is 0.000000252. The van der Waals surface area contributed by atoms with Crippen molar-refractivity contribution in [1.82, 2.24) is 4.98 Å². The topological polar surface area (TPSA) is 63.3 Å². The molecule has 1 N–H and O–H groups in total. The molecule has 1 radical (unpaired) electrons. The molecule has 4 nitrogen and oxygen atoms in total. The number of aliphatic hydroxyl groups is 1. The first-order valence-corrected chi connectivity index (χ1v) is 17.4. The summed E-state index contributed by atoms with van der Waals surface area (Å²) in [7, 11) is 0. The fourth-order valence-electron chi connectivity index (χ4n) is 7.49. The van der Waals surface area contributed by atoms with E-state index in [2.05, 4.69) is 93.6 Å². The average Bonchev–Trinajstić information content (AvgIpc) is 3.47. The van der Waals surface area contributed by atoms with Crippen molar-refractivity contribution in [3.63, 3.8) is 0 Å². The third kappa shape index (κ3) is 6.40. The Bertz CT molecular complexity index is 2150. The molecule has 49 heavy (non-hydrogen) atoms. The van der Waals surface area contributed by atoms with Crippen LogP contribution in [-0.2, 0) is 30.3 Å². The number of hydrogen-bond donors (Lipinski definition) is 1. The molecule has 5 heteroatoms. The van der Waals surface area contributed by atoms with Crippen molar-refractivity contribution in [3.8, 4) is 22.4 Å². The minimum Gasteiger partial charge on any atom is -0.512 e. The molecule has 0 aliphatic heterocycles. The Morgan fingerprint density at radius 1 is 0.878 bits per heavy atom. The number of aromatic nitrogens is 1. The van der Waals surface area contributed by atoms with Crippen LogP contribution in [-0.4, -0.2) is 15.9 Å². The van der Waals surface area contributed by atoms with Crippen molar-refractivity contribution >= 4 is 38.5 Å². The molecular formula is C44H46IrNO3-. The Morgan fingerprint density at radius 3 is 2.20 bits per heavy atom. The molecule has 2 heterocycles. The van der Waals surface area contributed by atoms with Gasteiger partial charge in [-0.25, -0.2) is 0 Å². The maximum absolute atomic E-state index is 11.7. The van der Waals surface area contributed by atoms with Crippen LogP contribution in [0.3, 0.4) is 0 Å². The van der Waals surface area contributed by atoms with Crippen LogP contribution in [0.15, 0.2) is 95.2 Å². The summed E-state index contributed by atoms with van der Waals surface area (Å²) < 4.78 is 6.67. The standard InChI is InChI=1S/C31H22NO.C13H24O2.Ir/c1-18-13-14-23-25-26-24(16-15-22(30(26)33-29(18)25)19-9-5-4-6-10-19)31(2,3)27-21-12-8-7-11-20(21)17-32-28(23)27;1-5-10(6-2)12(14)9-13(15)11(7-3)8-4;/h4-13,15-17H,1-3H3;9-11,14H,5-8H2,1-4H3;/q-1;;/b;12-9-;. The van der Waals surface area contributed by atoms with Crippen LogP contribution in [0.1, 0.15) is 83.9 Å². The minimum atomic E-state index is -0.270. The molecule has 1 aliphatic carbocycles. The van der Waals surface area contributed by atoms with Crippen LogP contribution in [0.25, 0.3) is 55.1 Å². The first-order valence-electron chi connectivity index (χ1n) is 17.4. The molecule has 255 valence electrons. The van der Waals surface area contributed by atoms with Gasteiger partial charge in [0.15, 0.2) is 5.78 Å². The number of carbonyl (C=O) groups excluding carboxylic acids is 1. The zero-order chi connectivity index (χ0) is 34.2. The van der Waals surface area contributed by atoms with Crippen LogP contribution in [0.2, 0.25) is 0 Å².